The Balaban J connectivity index is -0.000000845. The molecule has 0 heterocycles. The summed E-state index contributed by atoms with van der Waals surface area (Å²) in [6, 6.07) is 0. The molecule has 0 aliphatic heterocycles. The van der Waals surface area contributed by atoms with E-state index in [1.807, 2.05) is 6.92 Å². The van der Waals surface area contributed by atoms with Crippen LogP contribution < -0.4 is 10.6 Å². The number of nitrogens with one attached hydrogen (secondary N) is 2. The van der Waals surface area contributed by atoms with Crippen LogP contribution in [-0.2, 0) is 4.79 Å². The van der Waals surface area contributed by atoms with Crippen molar-refractivity contribution >= 4 is 5.91 Å². The van der Waals surface area contributed by atoms with Gasteiger partial charge in [-0.2, -0.15) is 0 Å². The monoisotopic (exact) mass is 198 g/mol. The fourth-order valence-electron chi connectivity index (χ4n) is 0.890. The van der Waals surface area contributed by atoms with E-state index >= 15 is 0 Å². The molecule has 0 aliphatic rings. The van der Waals surface area contributed by atoms with Crippen LogP contribution in [0.15, 0.2) is 37.1 Å². The highest BCUT2D eigenvalue weighted by Crippen LogP contribution is 1.91. The third kappa shape index (κ3) is 6.20. The topological polar surface area (TPSA) is 41.1 Å². The summed E-state index contributed by atoms with van der Waals surface area (Å²) in [5.74, 6) is -0.0149. The molecular weight excluding hydrogens is 176 g/mol. The van der Waals surface area contributed by atoms with Gasteiger partial charge in [-0.3, -0.25) is 4.79 Å². The van der Waals surface area contributed by atoms with Gasteiger partial charge in [-0.15, -0.1) is 0 Å². The van der Waals surface area contributed by atoms with Gasteiger partial charge >= 0.3 is 0 Å². The molecule has 0 fully saturated rings. The summed E-state index contributed by atoms with van der Waals surface area (Å²) in [6.45, 7) is 10.7. The molecule has 3 heteroatoms. The molecule has 0 radical (unpaired) electrons. The quantitative estimate of drug-likeness (QED) is 0.484. The Kier molecular flexibility index (Phi) is 7.46. The Bertz CT molecular complexity index is 240. The van der Waals surface area contributed by atoms with Crippen molar-refractivity contribution in [2.45, 2.75) is 13.3 Å². The van der Waals surface area contributed by atoms with Crippen molar-refractivity contribution in [3.05, 3.63) is 37.1 Å². The zero-order valence-corrected chi connectivity index (χ0v) is 8.68. The van der Waals surface area contributed by atoms with Gasteiger partial charge in [-0.25, -0.2) is 0 Å². The van der Waals surface area contributed by atoms with Crippen LogP contribution in [-0.4, -0.2) is 19.0 Å². The van der Waals surface area contributed by atoms with E-state index in [0.717, 1.165) is 6.54 Å². The summed E-state index contributed by atoms with van der Waals surface area (Å²) in [6.07, 6.45) is 5.38. The zero-order valence-electron chi connectivity index (χ0n) is 8.68. The van der Waals surface area contributed by atoms with Crippen molar-refractivity contribution in [3.8, 4) is 0 Å². The fourth-order valence-corrected chi connectivity index (χ4v) is 0.890. The third-order valence-corrected chi connectivity index (χ3v) is 1.58. The lowest BCUT2D eigenvalue weighted by Crippen LogP contribution is -2.26. The van der Waals surface area contributed by atoms with E-state index in [9.17, 15) is 4.79 Å². The van der Waals surface area contributed by atoms with Crippen LogP contribution in [0.4, 0.5) is 0 Å². The molecule has 0 saturated heterocycles. The molecule has 0 aliphatic carbocycles. The first-order chi connectivity index (χ1) is 6.74. The van der Waals surface area contributed by atoms with Crippen molar-refractivity contribution in [3.63, 3.8) is 0 Å². The minimum absolute atomic E-state index is 0. The minimum Gasteiger partial charge on any atom is -0.326 e. The van der Waals surface area contributed by atoms with E-state index in [0.29, 0.717) is 18.7 Å². The second-order valence-corrected chi connectivity index (χ2v) is 2.71. The van der Waals surface area contributed by atoms with Gasteiger partial charge in [-0.1, -0.05) is 26.2 Å². The summed E-state index contributed by atoms with van der Waals surface area (Å²) in [7, 11) is 0. The molecule has 2 N–H and O–H groups in total. The van der Waals surface area contributed by atoms with Crippen molar-refractivity contribution in [2.24, 2.45) is 0 Å². The Morgan fingerprint density at radius 3 is 2.71 bits per heavy atom. The molecule has 0 bridgehead atoms. The number of amides is 1. The molecule has 0 unspecified atom stereocenters. The van der Waals surface area contributed by atoms with Gasteiger partial charge < -0.3 is 10.6 Å². The number of carbonyl (C=O) groups excluding carboxylic acids is 1. The Morgan fingerprint density at radius 1 is 1.50 bits per heavy atom. The van der Waals surface area contributed by atoms with Gasteiger partial charge in [0.05, 0.1) is 0 Å². The van der Waals surface area contributed by atoms with Gasteiger partial charge in [0.25, 0.3) is 0 Å². The van der Waals surface area contributed by atoms with Crippen molar-refractivity contribution in [1.29, 1.82) is 0 Å². The van der Waals surface area contributed by atoms with Crippen LogP contribution >= 0.6 is 0 Å². The van der Waals surface area contributed by atoms with Gasteiger partial charge in [0.1, 0.15) is 0 Å². The van der Waals surface area contributed by atoms with Gasteiger partial charge in [-0.05, 0) is 18.7 Å². The van der Waals surface area contributed by atoms with E-state index in [2.05, 4.69) is 23.8 Å². The zero-order chi connectivity index (χ0) is 10.8. The Hall–Kier alpha value is -1.35. The highest BCUT2D eigenvalue weighted by Gasteiger charge is 2.00. The Morgan fingerprint density at radius 2 is 2.21 bits per heavy atom. The smallest absolute Gasteiger partial charge is 0.225 e. The van der Waals surface area contributed by atoms with Crippen LogP contribution in [0.2, 0.25) is 0 Å². The summed E-state index contributed by atoms with van der Waals surface area (Å²) < 4.78 is 0. The van der Waals surface area contributed by atoms with E-state index < -0.39 is 0 Å². The van der Waals surface area contributed by atoms with Crippen LogP contribution in [0, 0.1) is 0 Å². The van der Waals surface area contributed by atoms with Gasteiger partial charge in [0, 0.05) is 21.5 Å². The summed E-state index contributed by atoms with van der Waals surface area (Å²) in [5.41, 5.74) is 0.682. The predicted octanol–water partition coefficient (Wildman–Crippen LogP) is 1.85. The van der Waals surface area contributed by atoms with Crippen LogP contribution in [0.5, 0.6) is 0 Å². The third-order valence-electron chi connectivity index (χ3n) is 1.58. The number of hydrogen-bond acceptors (Lipinski definition) is 2. The van der Waals surface area contributed by atoms with E-state index in [4.69, 9.17) is 0 Å². The standard InChI is InChI=1S/C11H18N2O.2H2/c1-4-7-10(5-2)13-11(14)8-9-12-6-3;;/h4-5,7,12H,1-2,6,8-9H2,3H3,(H,13,14);2*1H/b10-7+;;. The molecule has 0 spiro atoms. The number of rotatable bonds is 7. The first-order valence-corrected chi connectivity index (χ1v) is 4.70. The summed E-state index contributed by atoms with van der Waals surface area (Å²) in [5, 5.41) is 5.80. The molecule has 0 atom stereocenters. The Labute approximate surface area is 88.6 Å². The second-order valence-electron chi connectivity index (χ2n) is 2.71. The molecule has 0 rings (SSSR count). The molecule has 0 aromatic heterocycles. The first-order valence-electron chi connectivity index (χ1n) is 4.70. The molecule has 0 aromatic carbocycles. The molecule has 3 nitrogen and oxygen atoms in total. The number of hydrogen-bond donors (Lipinski definition) is 2. The fraction of sp³-hybridized carbons (Fsp3) is 0.364. The first kappa shape index (κ1) is 12.7. The van der Waals surface area contributed by atoms with E-state index in [1.165, 1.54) is 0 Å². The second kappa shape index (κ2) is 8.26. The maximum atomic E-state index is 11.3. The summed E-state index contributed by atoms with van der Waals surface area (Å²) in [4.78, 5) is 11.3. The summed E-state index contributed by atoms with van der Waals surface area (Å²) >= 11 is 0. The predicted molar refractivity (Wildman–Crippen MR) is 64.0 cm³/mol. The van der Waals surface area contributed by atoms with Crippen LogP contribution in [0.25, 0.3) is 0 Å². The van der Waals surface area contributed by atoms with Gasteiger partial charge in [0.15, 0.2) is 0 Å². The van der Waals surface area contributed by atoms with Gasteiger partial charge in [0.2, 0.25) is 5.91 Å². The molecule has 1 amide bonds. The van der Waals surface area contributed by atoms with Crippen LogP contribution in [0.3, 0.4) is 0 Å². The average molecular weight is 198 g/mol. The van der Waals surface area contributed by atoms with E-state index in [1.54, 1.807) is 18.2 Å². The normalized spacial score (nSPS) is 10.8. The molecule has 0 aromatic rings. The minimum atomic E-state index is -0.0149. The number of allylic oxidation sites excluding steroid dienone is 3. The SMILES string of the molecule is C=C/C=C(\C=C)NC(=O)CCNCC.[HH].[HH]. The highest BCUT2D eigenvalue weighted by molar-refractivity contribution is 5.78. The lowest BCUT2D eigenvalue weighted by Gasteiger charge is -2.05. The maximum Gasteiger partial charge on any atom is 0.225 e. The molecular formula is C11H22N2O. The lowest BCUT2D eigenvalue weighted by atomic mass is 10.3. The molecule has 0 saturated carbocycles. The van der Waals surface area contributed by atoms with Crippen molar-refractivity contribution in [2.75, 3.05) is 13.1 Å². The van der Waals surface area contributed by atoms with Crippen molar-refractivity contribution in [1.82, 2.24) is 10.6 Å². The van der Waals surface area contributed by atoms with E-state index in [-0.39, 0.29) is 8.76 Å². The molecule has 82 valence electrons. The van der Waals surface area contributed by atoms with Crippen molar-refractivity contribution < 1.29 is 7.65 Å². The average Bonchev–Trinajstić information content (AvgIpc) is 2.17. The van der Waals surface area contributed by atoms with Crippen LogP contribution in [0.1, 0.15) is 16.2 Å². The number of carbonyl (C=O) groups is 1. The maximum absolute atomic E-state index is 11.3. The lowest BCUT2D eigenvalue weighted by molar-refractivity contribution is -0.120. The largest absolute Gasteiger partial charge is 0.326 e. The highest BCUT2D eigenvalue weighted by atomic mass is 16.1. The molecule has 14 heavy (non-hydrogen) atoms.